The molecular weight excluding hydrogens is 491 g/mol. The van der Waals surface area contributed by atoms with Gasteiger partial charge in [0.05, 0.1) is 22.5 Å². The maximum Gasteiger partial charge on any atom is 1.00 e. The number of Topliss-reactive ketones (excluding diaryl/α,β-unsaturated/α-hetero) is 1. The van der Waals surface area contributed by atoms with Crippen LogP contribution in [0.4, 0.5) is 0 Å². The summed E-state index contributed by atoms with van der Waals surface area (Å²) in [6, 6.07) is 0. The van der Waals surface area contributed by atoms with Gasteiger partial charge in [0.1, 0.15) is 32.3 Å². The number of hydrogen-bond donors (Lipinski definition) is 2. The van der Waals surface area contributed by atoms with Crippen molar-refractivity contribution in [3.8, 4) is 0 Å². The molecule has 10 heteroatoms. The van der Waals surface area contributed by atoms with Crippen molar-refractivity contribution >= 4 is 21.7 Å². The summed E-state index contributed by atoms with van der Waals surface area (Å²) in [5, 5.41) is 19.3. The molecule has 36 heavy (non-hydrogen) atoms. The second kappa shape index (κ2) is 21.6. The van der Waals surface area contributed by atoms with Gasteiger partial charge in [0.25, 0.3) is 0 Å². The van der Waals surface area contributed by atoms with E-state index in [1.54, 1.807) is 9.48 Å². The number of aliphatic hydroxyl groups excluding tert-OH is 2. The van der Waals surface area contributed by atoms with Crippen LogP contribution in [0.15, 0.2) is 12.2 Å². The summed E-state index contributed by atoms with van der Waals surface area (Å²) < 4.78 is 34.4. The first kappa shape index (κ1) is 35.7. The third-order valence-corrected chi connectivity index (χ3v) is 7.14. The predicted octanol–water partition coefficient (Wildman–Crippen LogP) is 0.222. The van der Waals surface area contributed by atoms with Crippen LogP contribution < -0.4 is 29.6 Å². The molecule has 0 bridgehead atoms. The summed E-state index contributed by atoms with van der Waals surface area (Å²) in [6.07, 6.45) is 19.0. The third-order valence-electron chi connectivity index (χ3n) is 6.35. The molecule has 2 N–H and O–H groups in total. The number of carbonyl (C=O) groups excluding carboxylic acids is 1. The van der Waals surface area contributed by atoms with E-state index < -0.39 is 22.0 Å². The zero-order chi connectivity index (χ0) is 25.9. The average molecular weight is 540 g/mol. The Morgan fingerprint density at radius 3 is 2.14 bits per heavy atom. The fraction of sp³-hybridized carbons (Fsp3) is 0.846. The molecule has 0 amide bonds. The number of carbonyl (C=O) groups is 1. The van der Waals surface area contributed by atoms with E-state index in [0.717, 1.165) is 19.3 Å². The van der Waals surface area contributed by atoms with E-state index in [1.165, 1.54) is 64.2 Å². The van der Waals surface area contributed by atoms with Crippen molar-refractivity contribution in [3.63, 3.8) is 0 Å². The Morgan fingerprint density at radius 2 is 1.58 bits per heavy atom. The number of rotatable bonds is 22. The van der Waals surface area contributed by atoms with Crippen molar-refractivity contribution in [1.82, 2.24) is 4.90 Å². The van der Waals surface area contributed by atoms with Gasteiger partial charge >= 0.3 is 35.4 Å². The largest absolute Gasteiger partial charge is 1.00 e. The van der Waals surface area contributed by atoms with Gasteiger partial charge in [0.15, 0.2) is 0 Å². The van der Waals surface area contributed by atoms with Crippen molar-refractivity contribution in [1.29, 1.82) is 0 Å². The van der Waals surface area contributed by atoms with E-state index in [4.69, 9.17) is 0 Å². The quantitative estimate of drug-likeness (QED) is 0.0664. The smallest absolute Gasteiger partial charge is 0.748 e. The molecule has 0 saturated heterocycles. The summed E-state index contributed by atoms with van der Waals surface area (Å²) in [5.74, 6) is -0.514. The van der Waals surface area contributed by atoms with E-state index in [1.807, 2.05) is 0 Å². The molecule has 1 aliphatic rings. The van der Waals surface area contributed by atoms with Gasteiger partial charge in [-0.05, 0) is 25.7 Å². The first-order chi connectivity index (χ1) is 16.8. The predicted molar refractivity (Wildman–Crippen MR) is 139 cm³/mol. The monoisotopic (exact) mass is 539 g/mol. The molecule has 0 aromatic carbocycles. The zero-order valence-electron chi connectivity index (χ0n) is 22.7. The van der Waals surface area contributed by atoms with E-state index in [-0.39, 0.29) is 48.5 Å². The molecule has 204 valence electrons. The number of hydrogen-bond acceptors (Lipinski definition) is 7. The van der Waals surface area contributed by atoms with Crippen molar-refractivity contribution in [2.24, 2.45) is 0 Å². The average Bonchev–Trinajstić information content (AvgIpc) is 3.17. The minimum atomic E-state index is -4.54. The number of amidine groups is 1. The second-order valence-corrected chi connectivity index (χ2v) is 11.1. The Balaban J connectivity index is 0.0000122. The SMILES string of the molecule is CCCC/C=C/CCCCCCCCCCCC(=O)C1=[N+](CC(O)CS(=O)(=O)[O-])CCN1CCO.[Na+]. The summed E-state index contributed by atoms with van der Waals surface area (Å²) in [6.45, 7) is 3.32. The summed E-state index contributed by atoms with van der Waals surface area (Å²) in [7, 11) is -4.54. The summed E-state index contributed by atoms with van der Waals surface area (Å²) in [5.41, 5.74) is 0. The first-order valence-electron chi connectivity index (χ1n) is 13.6. The molecule has 1 aliphatic heterocycles. The molecule has 1 unspecified atom stereocenters. The summed E-state index contributed by atoms with van der Waals surface area (Å²) >= 11 is 0. The van der Waals surface area contributed by atoms with Crippen LogP contribution in [-0.4, -0.2) is 88.9 Å². The first-order valence-corrected chi connectivity index (χ1v) is 15.1. The van der Waals surface area contributed by atoms with E-state index >= 15 is 0 Å². The summed E-state index contributed by atoms with van der Waals surface area (Å²) in [4.78, 5) is 14.7. The van der Waals surface area contributed by atoms with Crippen LogP contribution in [0.1, 0.15) is 96.8 Å². The van der Waals surface area contributed by atoms with Gasteiger partial charge < -0.3 is 14.8 Å². The molecule has 0 fully saturated rings. The normalized spacial score (nSPS) is 15.1. The van der Waals surface area contributed by atoms with Crippen LogP contribution in [0.25, 0.3) is 0 Å². The number of nitrogens with zero attached hydrogens (tertiary/aromatic N) is 2. The molecule has 0 aliphatic carbocycles. The Morgan fingerprint density at radius 1 is 1.03 bits per heavy atom. The molecular formula is C26H48N2NaO6S+. The number of β-amino-alcohol motifs (C(OH)–C–C–N with tert-alkyl or cyclic N) is 2. The standard InChI is InChI=1S/C26H48N2O6S.Na/c1-2-3-4-5-6-7-8-9-10-11-12-13-14-15-16-17-25(31)26-27(20-21-29)18-19-28(26)22-24(30)23-35(32,33)34;/h5-6,24,29-30H,2-4,7-23H2,1H3;/q;+1/b6-5+;. The number of allylic oxidation sites excluding steroid dienone is 2. The van der Waals surface area contributed by atoms with Crippen molar-refractivity contribution in [2.75, 3.05) is 38.5 Å². The Hall–Kier alpha value is -0.290. The van der Waals surface area contributed by atoms with Gasteiger partial charge in [0, 0.05) is 6.42 Å². The molecule has 0 radical (unpaired) electrons. The van der Waals surface area contributed by atoms with E-state index in [2.05, 4.69) is 19.1 Å². The van der Waals surface area contributed by atoms with Crippen molar-refractivity contribution < 1.29 is 62.1 Å². The van der Waals surface area contributed by atoms with Crippen LogP contribution in [0, 0.1) is 0 Å². The fourth-order valence-electron chi connectivity index (χ4n) is 4.52. The molecule has 0 saturated carbocycles. The molecule has 1 atom stereocenters. The second-order valence-electron chi connectivity index (χ2n) is 9.62. The minimum absolute atomic E-state index is 0. The molecule has 0 spiro atoms. The van der Waals surface area contributed by atoms with Crippen molar-refractivity contribution in [2.45, 2.75) is 103 Å². The van der Waals surface area contributed by atoms with Crippen LogP contribution in [0.2, 0.25) is 0 Å². The van der Waals surface area contributed by atoms with Gasteiger partial charge in [-0.15, -0.1) is 0 Å². The van der Waals surface area contributed by atoms with Gasteiger partial charge in [0.2, 0.25) is 5.78 Å². The molecule has 1 heterocycles. The van der Waals surface area contributed by atoms with E-state index in [9.17, 15) is 28.0 Å². The van der Waals surface area contributed by atoms with Gasteiger partial charge in [-0.25, -0.2) is 8.42 Å². The topological polar surface area (TPSA) is 121 Å². The Bertz CT molecular complexity index is 758. The molecule has 8 nitrogen and oxygen atoms in total. The van der Waals surface area contributed by atoms with E-state index in [0.29, 0.717) is 31.9 Å². The Labute approximate surface area is 241 Å². The van der Waals surface area contributed by atoms with Gasteiger partial charge in [-0.2, -0.15) is 0 Å². The zero-order valence-corrected chi connectivity index (χ0v) is 25.5. The van der Waals surface area contributed by atoms with Crippen LogP contribution in [0.5, 0.6) is 0 Å². The minimum Gasteiger partial charge on any atom is -0.748 e. The van der Waals surface area contributed by atoms with Gasteiger partial charge in [-0.3, -0.25) is 14.3 Å². The number of unbranched alkanes of at least 4 members (excludes halogenated alkanes) is 11. The number of ketones is 1. The molecule has 0 aromatic rings. The fourth-order valence-corrected chi connectivity index (χ4v) is 5.10. The van der Waals surface area contributed by atoms with Crippen LogP contribution in [-0.2, 0) is 14.9 Å². The van der Waals surface area contributed by atoms with Crippen molar-refractivity contribution in [3.05, 3.63) is 12.2 Å². The third kappa shape index (κ3) is 17.3. The molecule has 1 rings (SSSR count). The number of aliphatic hydroxyl groups is 2. The van der Waals surface area contributed by atoms with Gasteiger partial charge in [-0.1, -0.05) is 76.9 Å². The maximum absolute atomic E-state index is 12.9. The maximum atomic E-state index is 12.9. The Kier molecular flexibility index (Phi) is 21.4. The van der Waals surface area contributed by atoms with Crippen LogP contribution in [0.3, 0.4) is 0 Å². The molecule has 0 aromatic heterocycles. The van der Waals surface area contributed by atoms with Crippen LogP contribution >= 0.6 is 0 Å².